The molecule has 0 aliphatic rings. The van der Waals surface area contributed by atoms with Gasteiger partial charge in [-0.05, 0) is 32.0 Å². The summed E-state index contributed by atoms with van der Waals surface area (Å²) in [5.41, 5.74) is -0.438. The molecular weight excluding hydrogens is 296 g/mol. The fourth-order valence-corrected chi connectivity index (χ4v) is 1.80. The van der Waals surface area contributed by atoms with Crippen LogP contribution in [0.1, 0.15) is 27.7 Å². The lowest BCUT2D eigenvalue weighted by Gasteiger charge is -2.23. The summed E-state index contributed by atoms with van der Waals surface area (Å²) < 4.78 is 4.94. The predicted octanol–water partition coefficient (Wildman–Crippen LogP) is 2.58. The molecule has 2 amide bonds. The lowest BCUT2D eigenvalue weighted by molar-refractivity contribution is -0.160. The SMILES string of the molecule is CC(=O)Nc1ccc(NC(=O)C(C)(C)OC(C)=O)c(Cl)c1. The first-order valence-corrected chi connectivity index (χ1v) is 6.58. The predicted molar refractivity (Wildman–Crippen MR) is 80.2 cm³/mol. The van der Waals surface area contributed by atoms with Crippen LogP contribution in [0.5, 0.6) is 0 Å². The van der Waals surface area contributed by atoms with Gasteiger partial charge in [-0.15, -0.1) is 0 Å². The molecule has 0 aromatic heterocycles. The van der Waals surface area contributed by atoms with Crippen molar-refractivity contribution in [1.29, 1.82) is 0 Å². The van der Waals surface area contributed by atoms with Gasteiger partial charge < -0.3 is 15.4 Å². The number of amides is 2. The van der Waals surface area contributed by atoms with E-state index in [1.165, 1.54) is 33.8 Å². The zero-order chi connectivity index (χ0) is 16.2. The average molecular weight is 313 g/mol. The highest BCUT2D eigenvalue weighted by Gasteiger charge is 2.31. The van der Waals surface area contributed by atoms with Crippen molar-refractivity contribution >= 4 is 40.8 Å². The second-order valence-electron chi connectivity index (χ2n) is 4.93. The molecule has 0 spiro atoms. The molecule has 21 heavy (non-hydrogen) atoms. The molecule has 6 nitrogen and oxygen atoms in total. The minimum Gasteiger partial charge on any atom is -0.450 e. The molecule has 0 bridgehead atoms. The first kappa shape index (κ1) is 17.0. The number of benzene rings is 1. The number of carbonyl (C=O) groups excluding carboxylic acids is 3. The van der Waals surface area contributed by atoms with Crippen LogP contribution in [0.4, 0.5) is 11.4 Å². The Kier molecular flexibility index (Phi) is 5.32. The number of ether oxygens (including phenoxy) is 1. The lowest BCUT2D eigenvalue weighted by Crippen LogP contribution is -2.41. The van der Waals surface area contributed by atoms with Crippen molar-refractivity contribution in [2.45, 2.75) is 33.3 Å². The van der Waals surface area contributed by atoms with E-state index in [4.69, 9.17) is 16.3 Å². The Morgan fingerprint density at radius 1 is 1.14 bits per heavy atom. The molecule has 0 saturated carbocycles. The van der Waals surface area contributed by atoms with Gasteiger partial charge in [0.2, 0.25) is 5.91 Å². The smallest absolute Gasteiger partial charge is 0.303 e. The monoisotopic (exact) mass is 312 g/mol. The number of halogens is 1. The van der Waals surface area contributed by atoms with E-state index in [1.807, 2.05) is 0 Å². The fourth-order valence-electron chi connectivity index (χ4n) is 1.58. The van der Waals surface area contributed by atoms with Gasteiger partial charge in [-0.25, -0.2) is 0 Å². The molecule has 1 rings (SSSR count). The fraction of sp³-hybridized carbons (Fsp3) is 0.357. The highest BCUT2D eigenvalue weighted by atomic mass is 35.5. The third-order valence-corrected chi connectivity index (χ3v) is 2.80. The maximum absolute atomic E-state index is 12.1. The quantitative estimate of drug-likeness (QED) is 0.837. The third-order valence-electron chi connectivity index (χ3n) is 2.48. The van der Waals surface area contributed by atoms with E-state index in [9.17, 15) is 14.4 Å². The van der Waals surface area contributed by atoms with Crippen LogP contribution in [0.15, 0.2) is 18.2 Å². The van der Waals surface area contributed by atoms with Crippen molar-refractivity contribution in [3.05, 3.63) is 23.2 Å². The molecule has 114 valence electrons. The average Bonchev–Trinajstić information content (AvgIpc) is 2.30. The van der Waals surface area contributed by atoms with E-state index in [1.54, 1.807) is 12.1 Å². The Balaban J connectivity index is 2.86. The Bertz CT molecular complexity index is 584. The minimum absolute atomic E-state index is 0.223. The molecule has 0 atom stereocenters. The van der Waals surface area contributed by atoms with Crippen molar-refractivity contribution in [3.63, 3.8) is 0 Å². The molecular formula is C14H17ClN2O4. The zero-order valence-corrected chi connectivity index (χ0v) is 13.0. The number of rotatable bonds is 4. The molecule has 2 N–H and O–H groups in total. The van der Waals surface area contributed by atoms with Gasteiger partial charge in [0, 0.05) is 19.5 Å². The number of hydrogen-bond donors (Lipinski definition) is 2. The van der Waals surface area contributed by atoms with Crippen LogP contribution in [0, 0.1) is 0 Å². The topological polar surface area (TPSA) is 84.5 Å². The van der Waals surface area contributed by atoms with E-state index in [0.717, 1.165) is 0 Å². The van der Waals surface area contributed by atoms with Gasteiger partial charge in [-0.2, -0.15) is 0 Å². The molecule has 1 aromatic rings. The zero-order valence-electron chi connectivity index (χ0n) is 12.2. The third kappa shape index (κ3) is 5.07. The second kappa shape index (κ2) is 6.58. The lowest BCUT2D eigenvalue weighted by atomic mass is 10.1. The molecule has 0 radical (unpaired) electrons. The van der Waals surface area contributed by atoms with E-state index in [-0.39, 0.29) is 10.9 Å². The number of anilines is 2. The van der Waals surface area contributed by atoms with Crippen molar-refractivity contribution < 1.29 is 19.1 Å². The van der Waals surface area contributed by atoms with Crippen LogP contribution in [-0.4, -0.2) is 23.4 Å². The van der Waals surface area contributed by atoms with Crippen LogP contribution >= 0.6 is 11.6 Å². The Morgan fingerprint density at radius 3 is 2.24 bits per heavy atom. The van der Waals surface area contributed by atoms with Crippen LogP contribution in [0.3, 0.4) is 0 Å². The summed E-state index contributed by atoms with van der Waals surface area (Å²) in [6.45, 7) is 5.56. The summed E-state index contributed by atoms with van der Waals surface area (Å²) in [5, 5.41) is 5.41. The van der Waals surface area contributed by atoms with Gasteiger partial charge in [0.05, 0.1) is 10.7 Å². The van der Waals surface area contributed by atoms with Crippen LogP contribution in [0.25, 0.3) is 0 Å². The first-order valence-electron chi connectivity index (χ1n) is 6.20. The molecule has 0 saturated heterocycles. The van der Waals surface area contributed by atoms with Crippen LogP contribution < -0.4 is 10.6 Å². The molecule has 1 aromatic carbocycles. The van der Waals surface area contributed by atoms with Gasteiger partial charge in [-0.3, -0.25) is 14.4 Å². The highest BCUT2D eigenvalue weighted by molar-refractivity contribution is 6.34. The molecule has 0 fully saturated rings. The minimum atomic E-state index is -1.31. The summed E-state index contributed by atoms with van der Waals surface area (Å²) >= 11 is 6.04. The number of carbonyl (C=O) groups is 3. The number of hydrogen-bond acceptors (Lipinski definition) is 4. The van der Waals surface area contributed by atoms with Gasteiger partial charge in [0.25, 0.3) is 5.91 Å². The maximum atomic E-state index is 12.1. The van der Waals surface area contributed by atoms with Gasteiger partial charge >= 0.3 is 5.97 Å². The van der Waals surface area contributed by atoms with Crippen LogP contribution in [-0.2, 0) is 19.1 Å². The Labute approximate surface area is 127 Å². The van der Waals surface area contributed by atoms with Crippen molar-refractivity contribution in [3.8, 4) is 0 Å². The molecule has 0 aliphatic heterocycles. The van der Waals surface area contributed by atoms with Gasteiger partial charge in [0.15, 0.2) is 5.60 Å². The number of nitrogens with one attached hydrogen (secondary N) is 2. The Morgan fingerprint density at radius 2 is 1.76 bits per heavy atom. The second-order valence-corrected chi connectivity index (χ2v) is 5.34. The van der Waals surface area contributed by atoms with Crippen molar-refractivity contribution in [2.24, 2.45) is 0 Å². The highest BCUT2D eigenvalue weighted by Crippen LogP contribution is 2.26. The summed E-state index contributed by atoms with van der Waals surface area (Å²) in [4.78, 5) is 34.0. The van der Waals surface area contributed by atoms with Gasteiger partial charge in [-0.1, -0.05) is 11.6 Å². The summed E-state index contributed by atoms with van der Waals surface area (Å²) in [5.74, 6) is -1.28. The van der Waals surface area contributed by atoms with E-state index >= 15 is 0 Å². The molecule has 0 aliphatic carbocycles. The van der Waals surface area contributed by atoms with E-state index in [0.29, 0.717) is 11.4 Å². The Hall–Kier alpha value is -2.08. The summed E-state index contributed by atoms with van der Waals surface area (Å²) in [6.07, 6.45) is 0. The van der Waals surface area contributed by atoms with Gasteiger partial charge in [0.1, 0.15) is 0 Å². The van der Waals surface area contributed by atoms with Crippen molar-refractivity contribution in [2.75, 3.05) is 10.6 Å². The van der Waals surface area contributed by atoms with E-state index < -0.39 is 17.5 Å². The standard InChI is InChI=1S/C14H17ClN2O4/c1-8(18)16-10-5-6-12(11(15)7-10)17-13(20)14(3,4)21-9(2)19/h5-7H,1-4H3,(H,16,18)(H,17,20). The normalized spacial score (nSPS) is 10.7. The van der Waals surface area contributed by atoms with Crippen LogP contribution in [0.2, 0.25) is 5.02 Å². The summed E-state index contributed by atoms with van der Waals surface area (Å²) in [6, 6.07) is 4.66. The molecule has 0 unspecified atom stereocenters. The molecule has 0 heterocycles. The largest absolute Gasteiger partial charge is 0.450 e. The summed E-state index contributed by atoms with van der Waals surface area (Å²) in [7, 11) is 0. The number of esters is 1. The maximum Gasteiger partial charge on any atom is 0.303 e. The van der Waals surface area contributed by atoms with E-state index in [2.05, 4.69) is 10.6 Å². The van der Waals surface area contributed by atoms with Crippen molar-refractivity contribution in [1.82, 2.24) is 0 Å². The molecule has 7 heteroatoms. The first-order chi connectivity index (χ1) is 9.61.